The summed E-state index contributed by atoms with van der Waals surface area (Å²) < 4.78 is 33.3. The predicted octanol–water partition coefficient (Wildman–Crippen LogP) is 2.08. The zero-order valence-corrected chi connectivity index (χ0v) is 10.5. The van der Waals surface area contributed by atoms with Gasteiger partial charge in [-0.05, 0) is 32.9 Å². The Morgan fingerprint density at radius 2 is 1.81 bits per heavy atom. The molecule has 0 radical (unpaired) electrons. The molecule has 90 valence electrons. The van der Waals surface area contributed by atoms with Crippen molar-refractivity contribution in [3.8, 4) is 0 Å². The zero-order valence-electron chi connectivity index (χ0n) is 9.64. The van der Waals surface area contributed by atoms with Crippen LogP contribution in [0.1, 0.15) is 19.4 Å². The lowest BCUT2D eigenvalue weighted by Gasteiger charge is -2.12. The monoisotopic (exact) mass is 244 g/mol. The Morgan fingerprint density at radius 3 is 2.31 bits per heavy atom. The summed E-state index contributed by atoms with van der Waals surface area (Å²) in [6.07, 6.45) is -0.767. The van der Waals surface area contributed by atoms with Gasteiger partial charge in [0.05, 0.1) is 4.90 Å². The van der Waals surface area contributed by atoms with Crippen LogP contribution >= 0.6 is 0 Å². The van der Waals surface area contributed by atoms with Gasteiger partial charge in [0.15, 0.2) is 6.29 Å². The number of aryl methyl sites for hydroxylation is 1. The molecule has 0 aliphatic rings. The normalized spacial score (nSPS) is 13.7. The standard InChI is InChI=1S/C11H16O4S/c1-4-14-10(3)15-16(12,13)11-7-5-9(2)6-8-11/h5-8,10H,4H2,1-3H3. The van der Waals surface area contributed by atoms with Gasteiger partial charge in [0.2, 0.25) is 0 Å². The first-order valence-corrected chi connectivity index (χ1v) is 6.48. The topological polar surface area (TPSA) is 52.6 Å². The summed E-state index contributed by atoms with van der Waals surface area (Å²) in [7, 11) is -3.72. The molecular formula is C11H16O4S. The molecule has 0 fully saturated rings. The van der Waals surface area contributed by atoms with E-state index in [1.807, 2.05) is 6.92 Å². The summed E-state index contributed by atoms with van der Waals surface area (Å²) in [6, 6.07) is 6.48. The molecule has 1 aromatic carbocycles. The van der Waals surface area contributed by atoms with Crippen molar-refractivity contribution in [2.24, 2.45) is 0 Å². The Hall–Kier alpha value is -0.910. The molecule has 0 spiro atoms. The average molecular weight is 244 g/mol. The quantitative estimate of drug-likeness (QED) is 0.588. The van der Waals surface area contributed by atoms with Crippen molar-refractivity contribution in [3.63, 3.8) is 0 Å². The SMILES string of the molecule is CCOC(C)OS(=O)(=O)c1ccc(C)cc1. The molecule has 1 aromatic rings. The van der Waals surface area contributed by atoms with Crippen molar-refractivity contribution >= 4 is 10.1 Å². The van der Waals surface area contributed by atoms with Crippen LogP contribution in [-0.4, -0.2) is 21.3 Å². The second-order valence-electron chi connectivity index (χ2n) is 3.39. The molecule has 1 unspecified atom stereocenters. The van der Waals surface area contributed by atoms with Gasteiger partial charge in [-0.15, -0.1) is 0 Å². The van der Waals surface area contributed by atoms with Crippen molar-refractivity contribution in [1.29, 1.82) is 0 Å². The Morgan fingerprint density at radius 1 is 1.25 bits per heavy atom. The fraction of sp³-hybridized carbons (Fsp3) is 0.455. The molecule has 0 amide bonds. The molecule has 0 aromatic heterocycles. The number of hydrogen-bond acceptors (Lipinski definition) is 4. The minimum Gasteiger partial charge on any atom is -0.352 e. The Labute approximate surface area is 96.3 Å². The highest BCUT2D eigenvalue weighted by Crippen LogP contribution is 2.15. The fourth-order valence-electron chi connectivity index (χ4n) is 1.20. The lowest BCUT2D eigenvalue weighted by Crippen LogP contribution is -2.18. The molecule has 0 aliphatic heterocycles. The Balaban J connectivity index is 2.82. The minimum absolute atomic E-state index is 0.143. The molecule has 0 bridgehead atoms. The van der Waals surface area contributed by atoms with Crippen LogP contribution in [0.25, 0.3) is 0 Å². The van der Waals surface area contributed by atoms with Crippen molar-refractivity contribution in [3.05, 3.63) is 29.8 Å². The van der Waals surface area contributed by atoms with E-state index in [-0.39, 0.29) is 4.90 Å². The summed E-state index contributed by atoms with van der Waals surface area (Å²) in [5, 5.41) is 0. The number of benzene rings is 1. The minimum atomic E-state index is -3.72. The third-order valence-corrected chi connectivity index (χ3v) is 3.35. The second-order valence-corrected chi connectivity index (χ2v) is 4.96. The van der Waals surface area contributed by atoms with Crippen molar-refractivity contribution < 1.29 is 17.3 Å². The predicted molar refractivity (Wildman–Crippen MR) is 60.5 cm³/mol. The Bertz CT molecular complexity index is 422. The van der Waals surface area contributed by atoms with Crippen molar-refractivity contribution in [1.82, 2.24) is 0 Å². The van der Waals surface area contributed by atoms with Gasteiger partial charge in [-0.1, -0.05) is 17.7 Å². The van der Waals surface area contributed by atoms with E-state index in [1.165, 1.54) is 12.1 Å². The van der Waals surface area contributed by atoms with Gasteiger partial charge in [-0.25, -0.2) is 4.18 Å². The smallest absolute Gasteiger partial charge is 0.299 e. The molecule has 0 N–H and O–H groups in total. The van der Waals surface area contributed by atoms with Crippen LogP contribution in [0.15, 0.2) is 29.2 Å². The number of hydrogen-bond donors (Lipinski definition) is 0. The second kappa shape index (κ2) is 5.43. The molecule has 1 rings (SSSR count). The molecule has 16 heavy (non-hydrogen) atoms. The maximum Gasteiger partial charge on any atom is 0.299 e. The Kier molecular flexibility index (Phi) is 4.46. The van der Waals surface area contributed by atoms with E-state index in [2.05, 4.69) is 0 Å². The van der Waals surface area contributed by atoms with Gasteiger partial charge in [-0.3, -0.25) is 0 Å². The van der Waals surface area contributed by atoms with Crippen LogP contribution in [-0.2, 0) is 19.0 Å². The van der Waals surface area contributed by atoms with Crippen LogP contribution in [0.3, 0.4) is 0 Å². The first-order valence-electron chi connectivity index (χ1n) is 5.07. The molecular weight excluding hydrogens is 228 g/mol. The summed E-state index contributed by atoms with van der Waals surface area (Å²) in [5.41, 5.74) is 0.997. The molecule has 0 heterocycles. The van der Waals surface area contributed by atoms with E-state index in [1.54, 1.807) is 26.0 Å². The summed E-state index contributed by atoms with van der Waals surface area (Å²) in [4.78, 5) is 0.143. The molecule has 0 aliphatic carbocycles. The van der Waals surface area contributed by atoms with E-state index in [0.29, 0.717) is 6.61 Å². The van der Waals surface area contributed by atoms with Crippen LogP contribution < -0.4 is 0 Å². The van der Waals surface area contributed by atoms with E-state index in [0.717, 1.165) is 5.56 Å². The first-order chi connectivity index (χ1) is 7.45. The van der Waals surface area contributed by atoms with E-state index in [4.69, 9.17) is 8.92 Å². The maximum atomic E-state index is 11.7. The van der Waals surface area contributed by atoms with Crippen molar-refractivity contribution in [2.45, 2.75) is 32.0 Å². The highest BCUT2D eigenvalue weighted by molar-refractivity contribution is 7.86. The molecule has 4 nitrogen and oxygen atoms in total. The van der Waals surface area contributed by atoms with Gasteiger partial charge in [-0.2, -0.15) is 8.42 Å². The van der Waals surface area contributed by atoms with Crippen LogP contribution in [0, 0.1) is 6.92 Å². The molecule has 5 heteroatoms. The van der Waals surface area contributed by atoms with E-state index >= 15 is 0 Å². The van der Waals surface area contributed by atoms with Gasteiger partial charge >= 0.3 is 0 Å². The molecule has 0 saturated carbocycles. The maximum absolute atomic E-state index is 11.7. The van der Waals surface area contributed by atoms with Crippen molar-refractivity contribution in [2.75, 3.05) is 6.61 Å². The lowest BCUT2D eigenvalue weighted by atomic mass is 10.2. The lowest BCUT2D eigenvalue weighted by molar-refractivity contribution is -0.0572. The number of ether oxygens (including phenoxy) is 1. The molecule has 0 saturated heterocycles. The summed E-state index contributed by atoms with van der Waals surface area (Å²) in [5.74, 6) is 0. The third kappa shape index (κ3) is 3.59. The van der Waals surface area contributed by atoms with E-state index < -0.39 is 16.4 Å². The highest BCUT2D eigenvalue weighted by Gasteiger charge is 2.18. The summed E-state index contributed by atoms with van der Waals surface area (Å²) in [6.45, 7) is 5.62. The van der Waals surface area contributed by atoms with Crippen LogP contribution in [0.5, 0.6) is 0 Å². The zero-order chi connectivity index (χ0) is 12.2. The van der Waals surface area contributed by atoms with E-state index in [9.17, 15) is 8.42 Å². The molecule has 1 atom stereocenters. The number of rotatable bonds is 5. The fourth-order valence-corrected chi connectivity index (χ4v) is 2.19. The van der Waals surface area contributed by atoms with Gasteiger partial charge in [0.25, 0.3) is 10.1 Å². The summed E-state index contributed by atoms with van der Waals surface area (Å²) >= 11 is 0. The van der Waals surface area contributed by atoms with Gasteiger partial charge in [0.1, 0.15) is 0 Å². The van der Waals surface area contributed by atoms with Gasteiger partial charge < -0.3 is 4.74 Å². The van der Waals surface area contributed by atoms with Gasteiger partial charge in [0, 0.05) is 6.61 Å². The first kappa shape index (κ1) is 13.2. The van der Waals surface area contributed by atoms with Crippen LogP contribution in [0.4, 0.5) is 0 Å². The average Bonchev–Trinajstić information content (AvgIpc) is 2.17. The largest absolute Gasteiger partial charge is 0.352 e. The van der Waals surface area contributed by atoms with Crippen LogP contribution in [0.2, 0.25) is 0 Å². The highest BCUT2D eigenvalue weighted by atomic mass is 32.2. The third-order valence-electron chi connectivity index (χ3n) is 1.97.